The molecule has 1 aromatic rings. The molecule has 5 heteroatoms. The van der Waals surface area contributed by atoms with Crippen molar-refractivity contribution in [2.75, 3.05) is 6.54 Å². The summed E-state index contributed by atoms with van der Waals surface area (Å²) in [5.74, 6) is 0.119. The highest BCUT2D eigenvalue weighted by Gasteiger charge is 2.17. The molecule has 0 aromatic heterocycles. The maximum absolute atomic E-state index is 11.9. The molecule has 1 unspecified atom stereocenters. The Hall–Kier alpha value is -1.55. The predicted octanol–water partition coefficient (Wildman–Crippen LogP) is 3.40. The van der Waals surface area contributed by atoms with E-state index >= 15 is 0 Å². The molecule has 1 aromatic carbocycles. The zero-order valence-corrected chi connectivity index (χ0v) is 14.4. The number of hydrogen-bond acceptors (Lipinski definition) is 2. The van der Waals surface area contributed by atoms with Crippen LogP contribution in [0.3, 0.4) is 0 Å². The Labute approximate surface area is 143 Å². The second-order valence-electron chi connectivity index (χ2n) is 6.31. The van der Waals surface area contributed by atoms with Gasteiger partial charge in [-0.25, -0.2) is 0 Å². The Balaban J connectivity index is 1.64. The van der Waals surface area contributed by atoms with Crippen LogP contribution in [0, 0.1) is 0 Å². The van der Waals surface area contributed by atoms with E-state index in [9.17, 15) is 9.59 Å². The molecular formula is C18H25ClN2O2. The number of hydrogen-bond donors (Lipinski definition) is 2. The van der Waals surface area contributed by atoms with E-state index in [1.54, 1.807) is 0 Å². The fourth-order valence-electron chi connectivity index (χ4n) is 2.86. The van der Waals surface area contributed by atoms with Gasteiger partial charge in [0.15, 0.2) is 0 Å². The molecule has 0 radical (unpaired) electrons. The van der Waals surface area contributed by atoms with Gasteiger partial charge in [0, 0.05) is 30.5 Å². The summed E-state index contributed by atoms with van der Waals surface area (Å²) in [5, 5.41) is 6.60. The highest BCUT2D eigenvalue weighted by molar-refractivity contribution is 6.30. The first-order valence-corrected chi connectivity index (χ1v) is 8.74. The molecule has 23 heavy (non-hydrogen) atoms. The molecule has 4 nitrogen and oxygen atoms in total. The van der Waals surface area contributed by atoms with Crippen molar-refractivity contribution in [2.24, 2.45) is 0 Å². The molecule has 1 aliphatic rings. The minimum atomic E-state index is -0.0765. The number of benzene rings is 1. The molecule has 0 aliphatic heterocycles. The average Bonchev–Trinajstić information content (AvgIpc) is 3.04. The van der Waals surface area contributed by atoms with E-state index in [2.05, 4.69) is 17.6 Å². The lowest BCUT2D eigenvalue weighted by Crippen LogP contribution is -2.34. The average molecular weight is 337 g/mol. The minimum Gasteiger partial charge on any atom is -0.355 e. The number of nitrogens with one attached hydrogen (secondary N) is 2. The fourth-order valence-corrected chi connectivity index (χ4v) is 2.99. The molecule has 2 rings (SSSR count). The highest BCUT2D eigenvalue weighted by atomic mass is 35.5. The molecule has 2 N–H and O–H groups in total. The molecule has 1 atom stereocenters. The van der Waals surface area contributed by atoms with Gasteiger partial charge in [-0.3, -0.25) is 9.59 Å². The molecule has 1 aliphatic carbocycles. The van der Waals surface area contributed by atoms with E-state index in [1.807, 2.05) is 24.3 Å². The van der Waals surface area contributed by atoms with E-state index < -0.39 is 0 Å². The smallest absolute Gasteiger partial charge is 0.220 e. The van der Waals surface area contributed by atoms with Gasteiger partial charge in [-0.15, -0.1) is 0 Å². The van der Waals surface area contributed by atoms with E-state index in [0.717, 1.165) is 18.4 Å². The molecule has 2 amide bonds. The summed E-state index contributed by atoms with van der Waals surface area (Å²) in [7, 11) is 0. The second-order valence-corrected chi connectivity index (χ2v) is 6.74. The van der Waals surface area contributed by atoms with Gasteiger partial charge in [-0.05, 0) is 36.5 Å². The van der Waals surface area contributed by atoms with Crippen molar-refractivity contribution >= 4 is 23.4 Å². The normalized spacial score (nSPS) is 16.1. The number of carbonyl (C=O) groups is 2. The number of carbonyl (C=O) groups excluding carboxylic acids is 2. The largest absolute Gasteiger partial charge is 0.355 e. The van der Waals surface area contributed by atoms with E-state index in [0.29, 0.717) is 17.6 Å². The molecule has 0 heterocycles. The lowest BCUT2D eigenvalue weighted by Gasteiger charge is -2.14. The summed E-state index contributed by atoms with van der Waals surface area (Å²) in [6, 6.07) is 7.95. The van der Waals surface area contributed by atoms with Gasteiger partial charge in [0.25, 0.3) is 0 Å². The van der Waals surface area contributed by atoms with Gasteiger partial charge in [-0.1, -0.05) is 43.5 Å². The molecule has 0 bridgehead atoms. The first kappa shape index (κ1) is 17.8. The first-order valence-electron chi connectivity index (χ1n) is 8.36. The van der Waals surface area contributed by atoms with Gasteiger partial charge in [0.05, 0.1) is 0 Å². The van der Waals surface area contributed by atoms with Crippen LogP contribution in [-0.4, -0.2) is 24.4 Å². The molecule has 1 fully saturated rings. The van der Waals surface area contributed by atoms with Crippen LogP contribution in [0.4, 0.5) is 0 Å². The number of amides is 2. The highest BCUT2D eigenvalue weighted by Crippen LogP contribution is 2.18. The van der Waals surface area contributed by atoms with Crippen LogP contribution in [0.15, 0.2) is 24.3 Å². The van der Waals surface area contributed by atoms with Crippen LogP contribution in [0.25, 0.3) is 0 Å². The Morgan fingerprint density at radius 1 is 1.13 bits per heavy atom. The van der Waals surface area contributed by atoms with Crippen LogP contribution in [0.2, 0.25) is 5.02 Å². The zero-order chi connectivity index (χ0) is 16.7. The second kappa shape index (κ2) is 8.92. The summed E-state index contributed by atoms with van der Waals surface area (Å²) in [6.07, 6.45) is 5.01. The maximum atomic E-state index is 11.9. The van der Waals surface area contributed by atoms with E-state index in [4.69, 9.17) is 11.6 Å². The quantitative estimate of drug-likeness (QED) is 0.801. The summed E-state index contributed by atoms with van der Waals surface area (Å²) in [6.45, 7) is 2.61. The Bertz CT molecular complexity index is 524. The number of halogens is 1. The lowest BCUT2D eigenvalue weighted by molar-refractivity contribution is -0.126. The van der Waals surface area contributed by atoms with Crippen LogP contribution in [0.5, 0.6) is 0 Å². The van der Waals surface area contributed by atoms with Gasteiger partial charge in [-0.2, -0.15) is 0 Å². The molecule has 1 saturated carbocycles. The number of rotatable bonds is 7. The van der Waals surface area contributed by atoms with Crippen molar-refractivity contribution < 1.29 is 9.59 Å². The van der Waals surface area contributed by atoms with Gasteiger partial charge in [0.1, 0.15) is 0 Å². The topological polar surface area (TPSA) is 58.2 Å². The third kappa shape index (κ3) is 6.22. The summed E-state index contributed by atoms with van der Waals surface area (Å²) in [5.41, 5.74) is 1.13. The van der Waals surface area contributed by atoms with Gasteiger partial charge >= 0.3 is 0 Å². The molecule has 126 valence electrons. The van der Waals surface area contributed by atoms with Gasteiger partial charge in [0.2, 0.25) is 11.8 Å². The zero-order valence-electron chi connectivity index (χ0n) is 13.6. The Morgan fingerprint density at radius 3 is 2.39 bits per heavy atom. The maximum Gasteiger partial charge on any atom is 0.220 e. The monoisotopic (exact) mass is 336 g/mol. The van der Waals surface area contributed by atoms with Gasteiger partial charge < -0.3 is 10.6 Å². The molecule has 0 spiro atoms. The van der Waals surface area contributed by atoms with Crippen molar-refractivity contribution in [1.29, 1.82) is 0 Å². The van der Waals surface area contributed by atoms with Crippen molar-refractivity contribution in [1.82, 2.24) is 10.6 Å². The SMILES string of the molecule is CC(CNC(=O)CCC(=O)NC1CCCC1)c1ccc(Cl)cc1. The fraction of sp³-hybridized carbons (Fsp3) is 0.556. The van der Waals surface area contributed by atoms with Crippen molar-refractivity contribution in [3.05, 3.63) is 34.9 Å². The third-order valence-electron chi connectivity index (χ3n) is 4.34. The molecule has 0 saturated heterocycles. The summed E-state index contributed by atoms with van der Waals surface area (Å²) >= 11 is 5.87. The van der Waals surface area contributed by atoms with Crippen LogP contribution in [0.1, 0.15) is 56.9 Å². The van der Waals surface area contributed by atoms with Crippen LogP contribution >= 0.6 is 11.6 Å². The predicted molar refractivity (Wildman–Crippen MR) is 92.5 cm³/mol. The summed E-state index contributed by atoms with van der Waals surface area (Å²) < 4.78 is 0. The third-order valence-corrected chi connectivity index (χ3v) is 4.60. The standard InChI is InChI=1S/C18H25ClN2O2/c1-13(14-6-8-15(19)9-7-14)12-20-17(22)10-11-18(23)21-16-4-2-3-5-16/h6-9,13,16H,2-5,10-12H2,1H3,(H,20,22)(H,21,23). The minimum absolute atomic E-state index is 0.0159. The molecular weight excluding hydrogens is 312 g/mol. The van der Waals surface area contributed by atoms with Crippen molar-refractivity contribution in [3.8, 4) is 0 Å². The Kier molecular flexibility index (Phi) is 6.90. The van der Waals surface area contributed by atoms with E-state index in [1.165, 1.54) is 12.8 Å². The Morgan fingerprint density at radius 2 is 1.74 bits per heavy atom. The lowest BCUT2D eigenvalue weighted by atomic mass is 10.0. The summed E-state index contributed by atoms with van der Waals surface area (Å²) in [4.78, 5) is 23.7. The first-order chi connectivity index (χ1) is 11.0. The van der Waals surface area contributed by atoms with Crippen molar-refractivity contribution in [3.63, 3.8) is 0 Å². The van der Waals surface area contributed by atoms with Crippen LogP contribution in [-0.2, 0) is 9.59 Å². The van der Waals surface area contributed by atoms with Crippen LogP contribution < -0.4 is 10.6 Å². The van der Waals surface area contributed by atoms with Crippen molar-refractivity contribution in [2.45, 2.75) is 57.4 Å². The van der Waals surface area contributed by atoms with E-state index in [-0.39, 0.29) is 30.6 Å².